The minimum atomic E-state index is -0.501. The molecule has 2 rings (SSSR count). The minimum Gasteiger partial charge on any atom is -0.359 e. The summed E-state index contributed by atoms with van der Waals surface area (Å²) < 4.78 is 0.849. The summed E-state index contributed by atoms with van der Waals surface area (Å²) in [5.41, 5.74) is 3.15. The molecule has 0 radical (unpaired) electrons. The highest BCUT2D eigenvalue weighted by atomic mass is 79.9. The highest BCUT2D eigenvalue weighted by Crippen LogP contribution is 2.25. The fraction of sp³-hybridized carbons (Fsp3) is 0.111. The van der Waals surface area contributed by atoms with Gasteiger partial charge < -0.3 is 10.6 Å². The van der Waals surface area contributed by atoms with Gasteiger partial charge >= 0.3 is 0 Å². The monoisotopic (exact) mass is 403 g/mol. The second kappa shape index (κ2) is 8.00. The molecule has 6 heteroatoms. The largest absolute Gasteiger partial charge is 0.359 e. The molecule has 0 aliphatic rings. The van der Waals surface area contributed by atoms with Crippen molar-refractivity contribution < 1.29 is 4.79 Å². The Morgan fingerprint density at radius 3 is 2.67 bits per heavy atom. The standard InChI is InChI=1S/C18H15BrClN3O/c1-11-6-7-17(14(19)8-11)22-10-13(9-21)18(24)23-16-5-3-4-15(20)12(16)2/h3-8,10,22H,1-2H3,(H,23,24)/b13-10-. The summed E-state index contributed by atoms with van der Waals surface area (Å²) in [6.07, 6.45) is 1.38. The van der Waals surface area contributed by atoms with Crippen LogP contribution in [-0.2, 0) is 4.79 Å². The van der Waals surface area contributed by atoms with E-state index in [-0.39, 0.29) is 5.57 Å². The van der Waals surface area contributed by atoms with Crippen LogP contribution in [0.25, 0.3) is 0 Å². The van der Waals surface area contributed by atoms with Gasteiger partial charge in [0.1, 0.15) is 11.6 Å². The number of nitrogens with zero attached hydrogens (tertiary/aromatic N) is 1. The Labute approximate surface area is 154 Å². The van der Waals surface area contributed by atoms with Crippen LogP contribution in [0.4, 0.5) is 11.4 Å². The molecule has 2 aromatic rings. The topological polar surface area (TPSA) is 64.9 Å². The highest BCUT2D eigenvalue weighted by Gasteiger charge is 2.12. The first-order valence-corrected chi connectivity index (χ1v) is 8.29. The second-order valence-electron chi connectivity index (χ2n) is 5.16. The molecule has 2 N–H and O–H groups in total. The molecule has 0 spiro atoms. The van der Waals surface area contributed by atoms with Crippen LogP contribution >= 0.6 is 27.5 Å². The number of amides is 1. The number of nitriles is 1. The first kappa shape index (κ1) is 18.1. The van der Waals surface area contributed by atoms with Crippen molar-refractivity contribution >= 4 is 44.8 Å². The van der Waals surface area contributed by atoms with Crippen LogP contribution in [0.5, 0.6) is 0 Å². The van der Waals surface area contributed by atoms with Crippen LogP contribution in [0, 0.1) is 25.2 Å². The van der Waals surface area contributed by atoms with Gasteiger partial charge in [-0.25, -0.2) is 0 Å². The summed E-state index contributed by atoms with van der Waals surface area (Å²) in [6, 6.07) is 12.8. The van der Waals surface area contributed by atoms with E-state index in [9.17, 15) is 10.1 Å². The number of benzene rings is 2. The second-order valence-corrected chi connectivity index (χ2v) is 6.43. The highest BCUT2D eigenvalue weighted by molar-refractivity contribution is 9.10. The molecule has 0 fully saturated rings. The molecule has 2 aromatic carbocycles. The van der Waals surface area contributed by atoms with E-state index in [2.05, 4.69) is 26.6 Å². The van der Waals surface area contributed by atoms with Gasteiger partial charge in [-0.1, -0.05) is 23.7 Å². The van der Waals surface area contributed by atoms with Gasteiger partial charge in [-0.15, -0.1) is 0 Å². The maximum absolute atomic E-state index is 12.3. The third-order valence-electron chi connectivity index (χ3n) is 3.38. The summed E-state index contributed by atoms with van der Waals surface area (Å²) >= 11 is 9.47. The quantitative estimate of drug-likeness (QED) is 0.545. The molecular weight excluding hydrogens is 390 g/mol. The fourth-order valence-electron chi connectivity index (χ4n) is 1.97. The minimum absolute atomic E-state index is 0.0400. The maximum Gasteiger partial charge on any atom is 0.267 e. The zero-order valence-corrected chi connectivity index (χ0v) is 15.5. The summed E-state index contributed by atoms with van der Waals surface area (Å²) in [5.74, 6) is -0.501. The fourth-order valence-corrected chi connectivity index (χ4v) is 2.75. The average Bonchev–Trinajstić information content (AvgIpc) is 2.54. The number of rotatable bonds is 4. The number of carbonyl (C=O) groups excluding carboxylic acids is 1. The third kappa shape index (κ3) is 4.38. The van der Waals surface area contributed by atoms with E-state index in [1.165, 1.54) is 6.20 Å². The van der Waals surface area contributed by atoms with Crippen LogP contribution in [0.3, 0.4) is 0 Å². The number of hydrogen-bond acceptors (Lipinski definition) is 3. The van der Waals surface area contributed by atoms with Crippen LogP contribution in [0.15, 0.2) is 52.6 Å². The van der Waals surface area contributed by atoms with Crippen molar-refractivity contribution in [2.24, 2.45) is 0 Å². The van der Waals surface area contributed by atoms with Gasteiger partial charge in [0.25, 0.3) is 5.91 Å². The lowest BCUT2D eigenvalue weighted by atomic mass is 10.2. The number of anilines is 2. The molecular formula is C18H15BrClN3O. The lowest BCUT2D eigenvalue weighted by Gasteiger charge is -2.09. The van der Waals surface area contributed by atoms with Crippen LogP contribution in [-0.4, -0.2) is 5.91 Å². The molecule has 0 saturated carbocycles. The van der Waals surface area contributed by atoms with Crippen molar-refractivity contribution in [3.8, 4) is 6.07 Å². The normalized spacial score (nSPS) is 10.9. The van der Waals surface area contributed by atoms with Crippen molar-refractivity contribution in [2.45, 2.75) is 13.8 Å². The predicted octanol–water partition coefficient (Wildman–Crippen LogP) is 5.18. The van der Waals surface area contributed by atoms with Gasteiger partial charge in [-0.3, -0.25) is 4.79 Å². The van der Waals surface area contributed by atoms with Gasteiger partial charge in [-0.2, -0.15) is 5.26 Å². The number of carbonyl (C=O) groups is 1. The molecule has 24 heavy (non-hydrogen) atoms. The van der Waals surface area contributed by atoms with E-state index in [1.807, 2.05) is 31.2 Å². The molecule has 0 bridgehead atoms. The first-order valence-electron chi connectivity index (χ1n) is 7.12. The van der Waals surface area contributed by atoms with Crippen molar-refractivity contribution in [2.75, 3.05) is 10.6 Å². The molecule has 0 aliphatic heterocycles. The summed E-state index contributed by atoms with van der Waals surface area (Å²) in [7, 11) is 0. The zero-order chi connectivity index (χ0) is 17.7. The van der Waals surface area contributed by atoms with E-state index in [0.717, 1.165) is 21.3 Å². The third-order valence-corrected chi connectivity index (χ3v) is 4.44. The van der Waals surface area contributed by atoms with Crippen LogP contribution < -0.4 is 10.6 Å². The van der Waals surface area contributed by atoms with E-state index >= 15 is 0 Å². The van der Waals surface area contributed by atoms with Gasteiger partial charge in [0.15, 0.2) is 0 Å². The van der Waals surface area contributed by atoms with Gasteiger partial charge in [0, 0.05) is 21.4 Å². The Balaban J connectivity index is 2.17. The predicted molar refractivity (Wildman–Crippen MR) is 101 cm³/mol. The van der Waals surface area contributed by atoms with E-state index in [0.29, 0.717) is 10.7 Å². The SMILES string of the molecule is Cc1ccc(N/C=C(/C#N)C(=O)Nc2cccc(Cl)c2C)c(Br)c1. The number of hydrogen-bond donors (Lipinski definition) is 2. The van der Waals surface area contributed by atoms with Gasteiger partial charge in [0.05, 0.1) is 5.69 Å². The molecule has 0 saturated heterocycles. The van der Waals surface area contributed by atoms with Gasteiger partial charge in [-0.05, 0) is 65.2 Å². The Bertz CT molecular complexity index is 856. The van der Waals surface area contributed by atoms with E-state index in [4.69, 9.17) is 11.6 Å². The van der Waals surface area contributed by atoms with Crippen molar-refractivity contribution in [1.29, 1.82) is 5.26 Å². The first-order chi connectivity index (χ1) is 11.4. The van der Waals surface area contributed by atoms with Crippen molar-refractivity contribution in [1.82, 2.24) is 0 Å². The van der Waals surface area contributed by atoms with Crippen molar-refractivity contribution in [3.63, 3.8) is 0 Å². The molecule has 0 aromatic heterocycles. The smallest absolute Gasteiger partial charge is 0.267 e. The summed E-state index contributed by atoms with van der Waals surface area (Å²) in [5, 5.41) is 15.4. The number of nitrogens with one attached hydrogen (secondary N) is 2. The van der Waals surface area contributed by atoms with Crippen molar-refractivity contribution in [3.05, 3.63) is 68.8 Å². The Hall–Kier alpha value is -2.29. The summed E-state index contributed by atoms with van der Waals surface area (Å²) in [6.45, 7) is 3.78. The molecule has 0 aliphatic carbocycles. The lowest BCUT2D eigenvalue weighted by molar-refractivity contribution is -0.112. The van der Waals surface area contributed by atoms with E-state index < -0.39 is 5.91 Å². The lowest BCUT2D eigenvalue weighted by Crippen LogP contribution is -2.15. The number of halogens is 2. The molecule has 0 unspecified atom stereocenters. The molecule has 0 atom stereocenters. The summed E-state index contributed by atoms with van der Waals surface area (Å²) in [4.78, 5) is 12.3. The Morgan fingerprint density at radius 1 is 1.25 bits per heavy atom. The molecule has 1 amide bonds. The molecule has 4 nitrogen and oxygen atoms in total. The zero-order valence-electron chi connectivity index (χ0n) is 13.2. The molecule has 0 heterocycles. The Morgan fingerprint density at radius 2 is 2.00 bits per heavy atom. The molecule has 122 valence electrons. The van der Waals surface area contributed by atoms with Crippen LogP contribution in [0.2, 0.25) is 5.02 Å². The van der Waals surface area contributed by atoms with Gasteiger partial charge in [0.2, 0.25) is 0 Å². The van der Waals surface area contributed by atoms with E-state index in [1.54, 1.807) is 25.1 Å². The maximum atomic E-state index is 12.3. The number of aryl methyl sites for hydroxylation is 1. The van der Waals surface area contributed by atoms with Crippen LogP contribution in [0.1, 0.15) is 11.1 Å². The Kier molecular flexibility index (Phi) is 6.02. The average molecular weight is 405 g/mol.